The van der Waals surface area contributed by atoms with Crippen molar-refractivity contribution < 1.29 is 8.78 Å². The van der Waals surface area contributed by atoms with Crippen LogP contribution in [0.2, 0.25) is 0 Å². The molecule has 2 aromatic rings. The summed E-state index contributed by atoms with van der Waals surface area (Å²) >= 11 is 0. The summed E-state index contributed by atoms with van der Waals surface area (Å²) in [7, 11) is 0. The van der Waals surface area contributed by atoms with Gasteiger partial charge in [-0.15, -0.1) is 0 Å². The predicted octanol–water partition coefficient (Wildman–Crippen LogP) is 2.58. The first-order valence-electron chi connectivity index (χ1n) is 5.41. The van der Waals surface area contributed by atoms with Crippen LogP contribution in [0, 0.1) is 18.6 Å². The lowest BCUT2D eigenvalue weighted by molar-refractivity contribution is 0.543. The summed E-state index contributed by atoms with van der Waals surface area (Å²) in [6.07, 6.45) is 1.80. The molecule has 0 spiro atoms. The maximum absolute atomic E-state index is 13.5. The van der Waals surface area contributed by atoms with E-state index in [2.05, 4.69) is 0 Å². The predicted molar refractivity (Wildman–Crippen MR) is 62.5 cm³/mol. The highest BCUT2D eigenvalue weighted by atomic mass is 19.1. The summed E-state index contributed by atoms with van der Waals surface area (Å²) in [6, 6.07) is 5.76. The van der Waals surface area contributed by atoms with E-state index in [1.807, 2.05) is 13.0 Å². The Morgan fingerprint density at radius 3 is 2.35 bits per heavy atom. The molecule has 0 bridgehead atoms. The van der Waals surface area contributed by atoms with Crippen molar-refractivity contribution in [2.75, 3.05) is 0 Å². The van der Waals surface area contributed by atoms with E-state index >= 15 is 0 Å². The minimum atomic E-state index is -0.521. The van der Waals surface area contributed by atoms with Gasteiger partial charge in [0.15, 0.2) is 0 Å². The van der Waals surface area contributed by atoms with E-state index in [1.54, 1.807) is 10.8 Å². The first-order chi connectivity index (χ1) is 8.13. The highest BCUT2D eigenvalue weighted by Crippen LogP contribution is 2.16. The van der Waals surface area contributed by atoms with E-state index in [1.165, 1.54) is 18.2 Å². The Labute approximate surface area is 98.7 Å². The minimum absolute atomic E-state index is 0.0785. The van der Waals surface area contributed by atoms with Crippen LogP contribution in [-0.4, -0.2) is 4.57 Å². The number of benzene rings is 1. The minimum Gasteiger partial charge on any atom is -0.347 e. The van der Waals surface area contributed by atoms with Crippen LogP contribution in [0.3, 0.4) is 0 Å². The third-order valence-corrected chi connectivity index (χ3v) is 2.96. The molecule has 1 heterocycles. The summed E-state index contributed by atoms with van der Waals surface area (Å²) in [5.74, 6) is -1.04. The lowest BCUT2D eigenvalue weighted by Gasteiger charge is -2.09. The van der Waals surface area contributed by atoms with Gasteiger partial charge in [-0.05, 0) is 30.7 Å². The van der Waals surface area contributed by atoms with Gasteiger partial charge < -0.3 is 10.3 Å². The van der Waals surface area contributed by atoms with Gasteiger partial charge in [0.25, 0.3) is 0 Å². The van der Waals surface area contributed by atoms with Crippen LogP contribution in [0.25, 0.3) is 0 Å². The fraction of sp³-hybridized carbons (Fsp3) is 0.231. The van der Waals surface area contributed by atoms with Crippen molar-refractivity contribution in [3.8, 4) is 0 Å². The van der Waals surface area contributed by atoms with E-state index in [4.69, 9.17) is 5.73 Å². The monoisotopic (exact) mass is 236 g/mol. The highest BCUT2D eigenvalue weighted by molar-refractivity contribution is 5.25. The lowest BCUT2D eigenvalue weighted by Crippen LogP contribution is -2.06. The van der Waals surface area contributed by atoms with Gasteiger partial charge in [-0.25, -0.2) is 8.78 Å². The smallest absolute Gasteiger partial charge is 0.131 e. The zero-order valence-corrected chi connectivity index (χ0v) is 9.58. The van der Waals surface area contributed by atoms with Crippen molar-refractivity contribution in [1.82, 2.24) is 4.57 Å². The van der Waals surface area contributed by atoms with Gasteiger partial charge in [0, 0.05) is 24.0 Å². The Balaban J connectivity index is 2.35. The van der Waals surface area contributed by atoms with Gasteiger partial charge >= 0.3 is 0 Å². The average Bonchev–Trinajstić information content (AvgIpc) is 2.65. The Kier molecular flexibility index (Phi) is 3.24. The number of hydrogen-bond acceptors (Lipinski definition) is 1. The molecule has 0 saturated carbocycles. The summed E-state index contributed by atoms with van der Waals surface area (Å²) in [6.45, 7) is 2.50. The maximum atomic E-state index is 13.5. The van der Waals surface area contributed by atoms with Crippen molar-refractivity contribution in [1.29, 1.82) is 0 Å². The summed E-state index contributed by atoms with van der Waals surface area (Å²) in [4.78, 5) is 0. The molecule has 0 aliphatic heterocycles. The Morgan fingerprint density at radius 2 is 1.82 bits per heavy atom. The number of aromatic nitrogens is 1. The largest absolute Gasteiger partial charge is 0.347 e. The molecule has 2 N–H and O–H groups in total. The molecule has 0 radical (unpaired) electrons. The third kappa shape index (κ3) is 2.22. The van der Waals surface area contributed by atoms with E-state index < -0.39 is 11.6 Å². The first kappa shape index (κ1) is 11.8. The SMILES string of the molecule is Cc1c(CN)ccn1Cc1c(F)cccc1F. The zero-order chi connectivity index (χ0) is 12.4. The molecule has 0 unspecified atom stereocenters. The fourth-order valence-corrected chi connectivity index (χ4v) is 1.84. The van der Waals surface area contributed by atoms with Crippen LogP contribution >= 0.6 is 0 Å². The molecule has 0 atom stereocenters. The second kappa shape index (κ2) is 4.67. The Hall–Kier alpha value is -1.68. The normalized spacial score (nSPS) is 10.8. The number of halogens is 2. The molecule has 0 aliphatic carbocycles. The topological polar surface area (TPSA) is 30.9 Å². The van der Waals surface area contributed by atoms with Gasteiger partial charge in [0.1, 0.15) is 11.6 Å². The van der Waals surface area contributed by atoms with Crippen molar-refractivity contribution in [2.45, 2.75) is 20.0 Å². The third-order valence-electron chi connectivity index (χ3n) is 2.96. The average molecular weight is 236 g/mol. The van der Waals surface area contributed by atoms with Gasteiger partial charge in [-0.1, -0.05) is 6.07 Å². The maximum Gasteiger partial charge on any atom is 0.131 e. The van der Waals surface area contributed by atoms with Crippen LogP contribution in [0.5, 0.6) is 0 Å². The molecule has 4 heteroatoms. The number of nitrogens with zero attached hydrogens (tertiary/aromatic N) is 1. The van der Waals surface area contributed by atoms with Crippen molar-refractivity contribution in [3.63, 3.8) is 0 Å². The second-order valence-electron chi connectivity index (χ2n) is 3.96. The molecule has 0 aliphatic rings. The van der Waals surface area contributed by atoms with Crippen LogP contribution in [0.1, 0.15) is 16.8 Å². The van der Waals surface area contributed by atoms with Crippen molar-refractivity contribution in [3.05, 3.63) is 58.9 Å². The first-order valence-corrected chi connectivity index (χ1v) is 5.41. The van der Waals surface area contributed by atoms with Gasteiger partial charge in [0.2, 0.25) is 0 Å². The molecule has 17 heavy (non-hydrogen) atoms. The second-order valence-corrected chi connectivity index (χ2v) is 3.96. The molecular weight excluding hydrogens is 222 g/mol. The lowest BCUT2D eigenvalue weighted by atomic mass is 10.2. The van der Waals surface area contributed by atoms with E-state index in [0.29, 0.717) is 6.54 Å². The number of hydrogen-bond donors (Lipinski definition) is 1. The standard InChI is InChI=1S/C13H14F2N2/c1-9-10(7-16)5-6-17(9)8-11-12(14)3-2-4-13(11)15/h2-6H,7-8,16H2,1H3. The fourth-order valence-electron chi connectivity index (χ4n) is 1.84. The molecule has 90 valence electrons. The van der Waals surface area contributed by atoms with Crippen molar-refractivity contribution in [2.24, 2.45) is 5.73 Å². The summed E-state index contributed by atoms with van der Waals surface area (Å²) in [5.41, 5.74) is 7.56. The van der Waals surface area contributed by atoms with Gasteiger partial charge in [-0.3, -0.25) is 0 Å². The quantitative estimate of drug-likeness (QED) is 0.872. The summed E-state index contributed by atoms with van der Waals surface area (Å²) in [5, 5.41) is 0. The highest BCUT2D eigenvalue weighted by Gasteiger charge is 2.10. The van der Waals surface area contributed by atoms with Crippen LogP contribution in [0.4, 0.5) is 8.78 Å². The molecule has 0 fully saturated rings. The summed E-state index contributed by atoms with van der Waals surface area (Å²) < 4.78 is 28.8. The molecular formula is C13H14F2N2. The van der Waals surface area contributed by atoms with E-state index in [-0.39, 0.29) is 12.1 Å². The van der Waals surface area contributed by atoms with Crippen LogP contribution < -0.4 is 5.73 Å². The van der Waals surface area contributed by atoms with E-state index in [9.17, 15) is 8.78 Å². The number of rotatable bonds is 3. The zero-order valence-electron chi connectivity index (χ0n) is 9.58. The van der Waals surface area contributed by atoms with Gasteiger partial charge in [-0.2, -0.15) is 0 Å². The van der Waals surface area contributed by atoms with Crippen LogP contribution in [0.15, 0.2) is 30.5 Å². The Bertz CT molecular complexity index is 512. The van der Waals surface area contributed by atoms with Gasteiger partial charge in [0.05, 0.1) is 6.54 Å². The molecule has 1 aromatic carbocycles. The molecule has 0 saturated heterocycles. The van der Waals surface area contributed by atoms with Crippen LogP contribution in [-0.2, 0) is 13.1 Å². The molecule has 1 aromatic heterocycles. The molecule has 2 nitrogen and oxygen atoms in total. The van der Waals surface area contributed by atoms with E-state index in [0.717, 1.165) is 11.3 Å². The Morgan fingerprint density at radius 1 is 1.18 bits per heavy atom. The number of nitrogens with two attached hydrogens (primary N) is 1. The van der Waals surface area contributed by atoms with Crippen molar-refractivity contribution >= 4 is 0 Å². The molecule has 0 amide bonds. The molecule has 2 rings (SSSR count).